The van der Waals surface area contributed by atoms with Crippen molar-refractivity contribution in [3.05, 3.63) is 54.0 Å². The van der Waals surface area contributed by atoms with E-state index in [9.17, 15) is 4.79 Å². The number of carbonyl (C=O) groups excluding carboxylic acids is 1. The van der Waals surface area contributed by atoms with Gasteiger partial charge in [0.2, 0.25) is 5.91 Å². The van der Waals surface area contributed by atoms with Crippen molar-refractivity contribution >= 4 is 11.7 Å². The fourth-order valence-corrected chi connectivity index (χ4v) is 3.00. The van der Waals surface area contributed by atoms with Gasteiger partial charge in [-0.25, -0.2) is 4.98 Å². The van der Waals surface area contributed by atoms with Crippen LogP contribution in [0.5, 0.6) is 0 Å². The van der Waals surface area contributed by atoms with E-state index in [4.69, 9.17) is 5.11 Å². The summed E-state index contributed by atoms with van der Waals surface area (Å²) in [7, 11) is 0. The van der Waals surface area contributed by atoms with Crippen LogP contribution in [-0.2, 0) is 17.9 Å². The summed E-state index contributed by atoms with van der Waals surface area (Å²) < 4.78 is 0. The predicted molar refractivity (Wildman–Crippen MR) is 91.2 cm³/mol. The molecule has 1 fully saturated rings. The average Bonchev–Trinajstić information content (AvgIpc) is 2.67. The average molecular weight is 326 g/mol. The predicted octanol–water partition coefficient (Wildman–Crippen LogP) is 1.50. The maximum Gasteiger partial charge on any atom is 0.223 e. The van der Waals surface area contributed by atoms with Gasteiger partial charge in [-0.15, -0.1) is 0 Å². The van der Waals surface area contributed by atoms with Crippen LogP contribution in [0.3, 0.4) is 0 Å². The number of aliphatic hydroxyl groups excluding tert-OH is 1. The summed E-state index contributed by atoms with van der Waals surface area (Å²) in [6.07, 6.45) is 6.75. The molecule has 2 aromatic rings. The van der Waals surface area contributed by atoms with Crippen LogP contribution in [-0.4, -0.2) is 34.1 Å². The van der Waals surface area contributed by atoms with Crippen molar-refractivity contribution in [2.24, 2.45) is 5.92 Å². The van der Waals surface area contributed by atoms with Crippen LogP contribution < -0.4 is 10.2 Å². The van der Waals surface area contributed by atoms with Crippen molar-refractivity contribution in [2.45, 2.75) is 26.0 Å². The summed E-state index contributed by atoms with van der Waals surface area (Å²) in [5.41, 5.74) is 1.87. The Morgan fingerprint density at radius 1 is 1.25 bits per heavy atom. The number of amides is 1. The van der Waals surface area contributed by atoms with Crippen LogP contribution >= 0.6 is 0 Å². The molecule has 0 bridgehead atoms. The summed E-state index contributed by atoms with van der Waals surface area (Å²) in [6.45, 7) is 2.15. The lowest BCUT2D eigenvalue weighted by molar-refractivity contribution is -0.125. The van der Waals surface area contributed by atoms with Crippen molar-refractivity contribution in [1.82, 2.24) is 15.3 Å². The lowest BCUT2D eigenvalue weighted by Crippen LogP contribution is -2.40. The summed E-state index contributed by atoms with van der Waals surface area (Å²) in [5.74, 6) is 1.01. The standard InChI is InChI=1S/C18H22N4O2/c23-13-15-3-1-2-14(10-15)11-21-18(24)16-4-8-22(9-5-16)17-12-19-6-7-20-17/h1-3,6-7,10,12,16,23H,4-5,8-9,11,13H2,(H,21,24). The molecule has 1 aromatic heterocycles. The molecule has 0 saturated carbocycles. The molecule has 1 aliphatic rings. The van der Waals surface area contributed by atoms with Crippen molar-refractivity contribution in [3.8, 4) is 0 Å². The first-order valence-electron chi connectivity index (χ1n) is 8.23. The summed E-state index contributed by atoms with van der Waals surface area (Å²) in [4.78, 5) is 22.9. The minimum absolute atomic E-state index is 0.0165. The van der Waals surface area contributed by atoms with Gasteiger partial charge in [-0.05, 0) is 24.0 Å². The molecule has 1 amide bonds. The Balaban J connectivity index is 1.48. The van der Waals surface area contributed by atoms with Gasteiger partial charge >= 0.3 is 0 Å². The number of nitrogens with zero attached hydrogens (tertiary/aromatic N) is 3. The number of benzene rings is 1. The summed E-state index contributed by atoms with van der Waals surface area (Å²) in [6, 6.07) is 7.63. The number of rotatable bonds is 5. The molecule has 2 N–H and O–H groups in total. The zero-order chi connectivity index (χ0) is 16.8. The Bertz CT molecular complexity index is 670. The van der Waals surface area contributed by atoms with E-state index in [0.717, 1.165) is 42.9 Å². The Kier molecular flexibility index (Phi) is 5.38. The molecule has 1 aliphatic heterocycles. The van der Waals surface area contributed by atoms with E-state index in [1.54, 1.807) is 18.6 Å². The Morgan fingerprint density at radius 3 is 2.75 bits per heavy atom. The Morgan fingerprint density at radius 2 is 2.04 bits per heavy atom. The molecular weight excluding hydrogens is 304 g/mol. The third-order valence-electron chi connectivity index (χ3n) is 4.38. The van der Waals surface area contributed by atoms with Gasteiger partial charge in [-0.3, -0.25) is 9.78 Å². The maximum absolute atomic E-state index is 12.4. The van der Waals surface area contributed by atoms with Crippen LogP contribution in [0.2, 0.25) is 0 Å². The minimum atomic E-state index is 0.0165. The number of aromatic nitrogens is 2. The van der Waals surface area contributed by atoms with Crippen molar-refractivity contribution in [2.75, 3.05) is 18.0 Å². The molecule has 0 unspecified atom stereocenters. The zero-order valence-electron chi connectivity index (χ0n) is 13.6. The molecule has 6 heteroatoms. The lowest BCUT2D eigenvalue weighted by Gasteiger charge is -2.31. The van der Waals surface area contributed by atoms with E-state index in [2.05, 4.69) is 20.2 Å². The van der Waals surface area contributed by atoms with Crippen molar-refractivity contribution in [1.29, 1.82) is 0 Å². The maximum atomic E-state index is 12.4. The number of aliphatic hydroxyl groups is 1. The highest BCUT2D eigenvalue weighted by atomic mass is 16.3. The molecule has 0 radical (unpaired) electrons. The fraction of sp³-hybridized carbons (Fsp3) is 0.389. The van der Waals surface area contributed by atoms with E-state index < -0.39 is 0 Å². The van der Waals surface area contributed by atoms with Crippen LogP contribution in [0, 0.1) is 5.92 Å². The van der Waals surface area contributed by atoms with Gasteiger partial charge in [0, 0.05) is 37.9 Å². The molecule has 3 rings (SSSR count). The molecule has 2 heterocycles. The number of carbonyl (C=O) groups is 1. The van der Waals surface area contributed by atoms with Gasteiger partial charge in [0.1, 0.15) is 5.82 Å². The Hall–Kier alpha value is -2.47. The van der Waals surface area contributed by atoms with Gasteiger partial charge in [-0.2, -0.15) is 0 Å². The van der Waals surface area contributed by atoms with E-state index in [1.807, 2.05) is 24.3 Å². The van der Waals surface area contributed by atoms with Gasteiger partial charge < -0.3 is 15.3 Å². The van der Waals surface area contributed by atoms with E-state index in [-0.39, 0.29) is 18.4 Å². The van der Waals surface area contributed by atoms with Gasteiger partial charge in [-0.1, -0.05) is 24.3 Å². The molecule has 0 spiro atoms. The largest absolute Gasteiger partial charge is 0.392 e. The third kappa shape index (κ3) is 4.08. The normalized spacial score (nSPS) is 15.3. The number of hydrogen-bond donors (Lipinski definition) is 2. The number of hydrogen-bond acceptors (Lipinski definition) is 5. The second kappa shape index (κ2) is 7.88. The number of piperidine rings is 1. The molecular formula is C18H22N4O2. The van der Waals surface area contributed by atoms with Crippen LogP contribution in [0.25, 0.3) is 0 Å². The first-order chi connectivity index (χ1) is 11.8. The van der Waals surface area contributed by atoms with E-state index in [1.165, 1.54) is 0 Å². The van der Waals surface area contributed by atoms with E-state index in [0.29, 0.717) is 6.54 Å². The summed E-state index contributed by atoms with van der Waals surface area (Å²) >= 11 is 0. The summed E-state index contributed by atoms with van der Waals surface area (Å²) in [5, 5.41) is 12.2. The monoisotopic (exact) mass is 326 g/mol. The SMILES string of the molecule is O=C(NCc1cccc(CO)c1)C1CCN(c2cnccn2)CC1. The highest BCUT2D eigenvalue weighted by Crippen LogP contribution is 2.21. The second-order valence-corrected chi connectivity index (χ2v) is 6.02. The molecule has 24 heavy (non-hydrogen) atoms. The van der Waals surface area contributed by atoms with Gasteiger partial charge in [0.15, 0.2) is 0 Å². The molecule has 0 aliphatic carbocycles. The van der Waals surface area contributed by atoms with E-state index >= 15 is 0 Å². The van der Waals surface area contributed by atoms with Gasteiger partial charge in [0.05, 0.1) is 12.8 Å². The second-order valence-electron chi connectivity index (χ2n) is 6.02. The van der Waals surface area contributed by atoms with Gasteiger partial charge in [0.25, 0.3) is 0 Å². The lowest BCUT2D eigenvalue weighted by atomic mass is 9.96. The molecule has 126 valence electrons. The molecule has 1 aromatic carbocycles. The number of nitrogens with one attached hydrogen (secondary N) is 1. The number of anilines is 1. The highest BCUT2D eigenvalue weighted by Gasteiger charge is 2.25. The molecule has 1 saturated heterocycles. The van der Waals surface area contributed by atoms with Crippen LogP contribution in [0.1, 0.15) is 24.0 Å². The molecule has 0 atom stereocenters. The smallest absolute Gasteiger partial charge is 0.223 e. The first kappa shape index (κ1) is 16.4. The van der Waals surface area contributed by atoms with Crippen LogP contribution in [0.15, 0.2) is 42.9 Å². The van der Waals surface area contributed by atoms with Crippen molar-refractivity contribution in [3.63, 3.8) is 0 Å². The fourth-order valence-electron chi connectivity index (χ4n) is 3.00. The quantitative estimate of drug-likeness (QED) is 0.871. The first-order valence-corrected chi connectivity index (χ1v) is 8.23. The topological polar surface area (TPSA) is 78.4 Å². The minimum Gasteiger partial charge on any atom is -0.392 e. The van der Waals surface area contributed by atoms with Crippen LogP contribution in [0.4, 0.5) is 5.82 Å². The highest BCUT2D eigenvalue weighted by molar-refractivity contribution is 5.79. The van der Waals surface area contributed by atoms with Crippen molar-refractivity contribution < 1.29 is 9.90 Å². The zero-order valence-corrected chi connectivity index (χ0v) is 13.6. The Labute approximate surface area is 141 Å². The molecule has 6 nitrogen and oxygen atoms in total. The third-order valence-corrected chi connectivity index (χ3v) is 4.38.